The molecule has 0 bridgehead atoms. The predicted octanol–water partition coefficient (Wildman–Crippen LogP) is 3.66. The Labute approximate surface area is 176 Å². The van der Waals surface area contributed by atoms with Crippen LogP contribution in [0.3, 0.4) is 0 Å². The van der Waals surface area contributed by atoms with Gasteiger partial charge in [0.05, 0.1) is 12.7 Å². The van der Waals surface area contributed by atoms with Crippen molar-refractivity contribution in [3.63, 3.8) is 0 Å². The van der Waals surface area contributed by atoms with Crippen LogP contribution in [0, 0.1) is 5.82 Å². The summed E-state index contributed by atoms with van der Waals surface area (Å²) in [5.41, 5.74) is 0.0799. The van der Waals surface area contributed by atoms with Gasteiger partial charge in [-0.2, -0.15) is 0 Å². The zero-order valence-corrected chi connectivity index (χ0v) is 16.8. The number of thiophene rings is 1. The van der Waals surface area contributed by atoms with Crippen LogP contribution in [0.15, 0.2) is 46.2 Å². The first-order valence-corrected chi connectivity index (χ1v) is 9.96. The number of hydrogen-bond acceptors (Lipinski definition) is 8. The van der Waals surface area contributed by atoms with Crippen molar-refractivity contribution >= 4 is 51.0 Å². The average molecular weight is 445 g/mol. The number of H-pyrrole nitrogens is 1. The Bertz CT molecular complexity index is 1260. The minimum absolute atomic E-state index is 0.0350. The van der Waals surface area contributed by atoms with Gasteiger partial charge in [0, 0.05) is 19.9 Å². The van der Waals surface area contributed by atoms with Crippen molar-refractivity contribution in [3.8, 4) is 5.75 Å². The Morgan fingerprint density at radius 1 is 1.30 bits per heavy atom. The predicted molar refractivity (Wildman–Crippen MR) is 108 cm³/mol. The van der Waals surface area contributed by atoms with Crippen LogP contribution in [0.5, 0.6) is 5.75 Å². The summed E-state index contributed by atoms with van der Waals surface area (Å²) < 4.78 is 20.7. The fourth-order valence-electron chi connectivity index (χ4n) is 2.70. The SMILES string of the molecule is COc1ccc2sc(C(=O)Nc3nnn[nH]3)c(Sc3cccc(C(=O)O)c3)c2c1F. The monoisotopic (exact) mass is 445 g/mol. The maximum absolute atomic E-state index is 15.1. The van der Waals surface area contributed by atoms with Gasteiger partial charge in [-0.1, -0.05) is 22.9 Å². The maximum Gasteiger partial charge on any atom is 0.335 e. The summed E-state index contributed by atoms with van der Waals surface area (Å²) in [6.07, 6.45) is 0. The molecule has 2 heterocycles. The molecule has 12 heteroatoms. The number of tetrazole rings is 1. The minimum atomic E-state index is -1.09. The molecule has 0 unspecified atom stereocenters. The van der Waals surface area contributed by atoms with E-state index in [0.717, 1.165) is 23.1 Å². The largest absolute Gasteiger partial charge is 0.494 e. The second kappa shape index (κ2) is 8.08. The van der Waals surface area contributed by atoms with Gasteiger partial charge in [0.25, 0.3) is 5.91 Å². The molecule has 2 aromatic carbocycles. The Morgan fingerprint density at radius 2 is 2.13 bits per heavy atom. The smallest absolute Gasteiger partial charge is 0.335 e. The molecule has 4 rings (SSSR count). The number of carboxylic acid groups (broad SMARTS) is 1. The summed E-state index contributed by atoms with van der Waals surface area (Å²) in [6, 6.07) is 9.31. The number of ether oxygens (including phenoxy) is 1. The second-order valence-corrected chi connectivity index (χ2v) is 7.99. The molecule has 0 saturated heterocycles. The number of amides is 1. The third-order valence-corrected chi connectivity index (χ3v) is 6.40. The van der Waals surface area contributed by atoms with E-state index in [1.54, 1.807) is 18.2 Å². The molecule has 3 N–H and O–H groups in total. The number of hydrogen-bond donors (Lipinski definition) is 3. The molecule has 0 fully saturated rings. The fourth-order valence-corrected chi connectivity index (χ4v) is 5.06. The molecular formula is C18H12FN5O4S2. The van der Waals surface area contributed by atoms with Gasteiger partial charge in [-0.05, 0) is 40.8 Å². The number of nitrogens with zero attached hydrogens (tertiary/aromatic N) is 3. The first-order valence-electron chi connectivity index (χ1n) is 8.33. The number of rotatable bonds is 6. The standard InChI is InChI=1S/C18H12FN5O4S2/c1-28-10-5-6-11-12(13(10)19)14(29-9-4-2-3-8(7-9)17(26)27)15(30-11)16(25)20-18-21-23-24-22-18/h2-7H,1H3,(H,26,27)(H2,20,21,22,23,24,25). The Kier molecular flexibility index (Phi) is 5.33. The van der Waals surface area contributed by atoms with E-state index in [4.69, 9.17) is 4.74 Å². The molecule has 152 valence electrons. The number of aromatic amines is 1. The van der Waals surface area contributed by atoms with E-state index < -0.39 is 17.7 Å². The lowest BCUT2D eigenvalue weighted by Crippen LogP contribution is -2.12. The van der Waals surface area contributed by atoms with Gasteiger partial charge in [0.1, 0.15) is 4.88 Å². The summed E-state index contributed by atoms with van der Waals surface area (Å²) >= 11 is 2.17. The zero-order valence-electron chi connectivity index (χ0n) is 15.2. The lowest BCUT2D eigenvalue weighted by molar-refractivity contribution is 0.0696. The molecule has 9 nitrogen and oxygen atoms in total. The number of fused-ring (bicyclic) bond motifs is 1. The summed E-state index contributed by atoms with van der Waals surface area (Å²) in [4.78, 5) is 25.2. The van der Waals surface area contributed by atoms with Crippen molar-refractivity contribution in [3.05, 3.63) is 52.7 Å². The minimum Gasteiger partial charge on any atom is -0.494 e. The van der Waals surface area contributed by atoms with Crippen molar-refractivity contribution in [2.75, 3.05) is 12.4 Å². The van der Waals surface area contributed by atoms with Crippen molar-refractivity contribution < 1.29 is 23.8 Å². The Balaban J connectivity index is 1.84. The lowest BCUT2D eigenvalue weighted by Gasteiger charge is -2.07. The highest BCUT2D eigenvalue weighted by Crippen LogP contribution is 2.44. The number of methoxy groups -OCH3 is 1. The van der Waals surface area contributed by atoms with Gasteiger partial charge < -0.3 is 9.84 Å². The number of halogens is 1. The van der Waals surface area contributed by atoms with E-state index in [2.05, 4.69) is 25.9 Å². The molecule has 0 aliphatic heterocycles. The Hall–Kier alpha value is -3.51. The van der Waals surface area contributed by atoms with Gasteiger partial charge in [0.2, 0.25) is 5.95 Å². The molecule has 1 amide bonds. The van der Waals surface area contributed by atoms with E-state index in [1.165, 1.54) is 25.3 Å². The third kappa shape index (κ3) is 3.69. The quantitative estimate of drug-likeness (QED) is 0.410. The van der Waals surface area contributed by atoms with Crippen LogP contribution in [0.1, 0.15) is 20.0 Å². The molecule has 0 aliphatic carbocycles. The Morgan fingerprint density at radius 3 is 2.83 bits per heavy atom. The van der Waals surface area contributed by atoms with E-state index in [1.807, 2.05) is 0 Å². The van der Waals surface area contributed by atoms with Crippen LogP contribution in [0.25, 0.3) is 10.1 Å². The number of carbonyl (C=O) groups is 2. The molecule has 4 aromatic rings. The molecule has 0 saturated carbocycles. The molecule has 0 spiro atoms. The highest BCUT2D eigenvalue weighted by atomic mass is 32.2. The first-order chi connectivity index (χ1) is 14.5. The highest BCUT2D eigenvalue weighted by Gasteiger charge is 2.24. The van der Waals surface area contributed by atoms with E-state index in [0.29, 0.717) is 14.5 Å². The summed E-state index contributed by atoms with van der Waals surface area (Å²) in [6.45, 7) is 0. The zero-order chi connectivity index (χ0) is 21.3. The van der Waals surface area contributed by atoms with Crippen LogP contribution in [0.2, 0.25) is 0 Å². The number of aromatic carboxylic acids is 1. The third-order valence-electron chi connectivity index (χ3n) is 4.02. The molecule has 0 aliphatic rings. The van der Waals surface area contributed by atoms with Crippen LogP contribution in [-0.2, 0) is 0 Å². The summed E-state index contributed by atoms with van der Waals surface area (Å²) in [5.74, 6) is -2.16. The van der Waals surface area contributed by atoms with E-state index in [9.17, 15) is 14.7 Å². The molecular weight excluding hydrogens is 433 g/mol. The number of carbonyl (C=O) groups excluding carboxylic acids is 1. The van der Waals surface area contributed by atoms with Crippen LogP contribution in [-0.4, -0.2) is 44.7 Å². The second-order valence-electron chi connectivity index (χ2n) is 5.85. The molecule has 0 radical (unpaired) electrons. The van der Waals surface area contributed by atoms with Gasteiger partial charge in [-0.25, -0.2) is 14.3 Å². The van der Waals surface area contributed by atoms with Crippen molar-refractivity contribution in [2.24, 2.45) is 0 Å². The topological polar surface area (TPSA) is 130 Å². The number of anilines is 1. The van der Waals surface area contributed by atoms with Crippen molar-refractivity contribution in [1.29, 1.82) is 0 Å². The van der Waals surface area contributed by atoms with E-state index >= 15 is 4.39 Å². The molecule has 30 heavy (non-hydrogen) atoms. The lowest BCUT2D eigenvalue weighted by atomic mass is 10.2. The van der Waals surface area contributed by atoms with Gasteiger partial charge >= 0.3 is 5.97 Å². The van der Waals surface area contributed by atoms with Crippen LogP contribution in [0.4, 0.5) is 10.3 Å². The van der Waals surface area contributed by atoms with Crippen LogP contribution < -0.4 is 10.1 Å². The van der Waals surface area contributed by atoms with Crippen molar-refractivity contribution in [2.45, 2.75) is 9.79 Å². The summed E-state index contributed by atoms with van der Waals surface area (Å²) in [5, 5.41) is 24.8. The highest BCUT2D eigenvalue weighted by molar-refractivity contribution is 7.99. The maximum atomic E-state index is 15.1. The number of nitrogens with one attached hydrogen (secondary N) is 2. The average Bonchev–Trinajstić information content (AvgIpc) is 3.37. The van der Waals surface area contributed by atoms with Crippen LogP contribution >= 0.6 is 23.1 Å². The van der Waals surface area contributed by atoms with Gasteiger partial charge in [0.15, 0.2) is 11.6 Å². The summed E-state index contributed by atoms with van der Waals surface area (Å²) in [7, 11) is 1.35. The van der Waals surface area contributed by atoms with Gasteiger partial charge in [-0.3, -0.25) is 10.1 Å². The molecule has 0 atom stereocenters. The number of benzene rings is 2. The van der Waals surface area contributed by atoms with Gasteiger partial charge in [-0.15, -0.1) is 11.3 Å². The molecule has 2 aromatic heterocycles. The van der Waals surface area contributed by atoms with E-state index in [-0.39, 0.29) is 27.5 Å². The van der Waals surface area contributed by atoms with Crippen molar-refractivity contribution in [1.82, 2.24) is 20.6 Å². The normalized spacial score (nSPS) is 10.9. The first kappa shape index (κ1) is 19.8. The number of aromatic nitrogens is 4. The number of carboxylic acids is 1. The fraction of sp³-hybridized carbons (Fsp3) is 0.0556.